The van der Waals surface area contributed by atoms with Gasteiger partial charge in [-0.15, -0.1) is 0 Å². The number of nitrogens with one attached hydrogen (secondary N) is 3. The highest BCUT2D eigenvalue weighted by atomic mass is 16.4. The summed E-state index contributed by atoms with van der Waals surface area (Å²) in [5, 5.41) is 38.6. The van der Waals surface area contributed by atoms with Gasteiger partial charge in [-0.2, -0.15) is 0 Å². The molecule has 1 aliphatic carbocycles. The number of aromatic nitrogens is 1. The zero-order chi connectivity index (χ0) is 39.9. The second-order valence-corrected chi connectivity index (χ2v) is 14.6. The Morgan fingerprint density at radius 1 is 0.909 bits per heavy atom. The maximum Gasteiger partial charge on any atom is 0.322 e. The summed E-state index contributed by atoms with van der Waals surface area (Å²) in [6.07, 6.45) is 6.91. The van der Waals surface area contributed by atoms with Gasteiger partial charge in [0.05, 0.1) is 18.8 Å². The number of carbonyl (C=O) groups is 7. The summed E-state index contributed by atoms with van der Waals surface area (Å²) < 4.78 is 2.04. The van der Waals surface area contributed by atoms with Crippen LogP contribution in [-0.4, -0.2) is 79.5 Å². The molecule has 5 rings (SSSR count). The van der Waals surface area contributed by atoms with Gasteiger partial charge in [-0.1, -0.05) is 67.3 Å². The van der Waals surface area contributed by atoms with Crippen molar-refractivity contribution in [1.82, 2.24) is 20.5 Å². The molecule has 0 unspecified atom stereocenters. The summed E-state index contributed by atoms with van der Waals surface area (Å²) in [6.45, 7) is 2.54. The summed E-state index contributed by atoms with van der Waals surface area (Å²) >= 11 is 0. The molecule has 4 atom stereocenters. The molecule has 1 saturated carbocycles. The number of allylic oxidation sites excluding steroid dienone is 2. The molecular weight excluding hydrogens is 710 g/mol. The fourth-order valence-electron chi connectivity index (χ4n) is 7.71. The van der Waals surface area contributed by atoms with Gasteiger partial charge >= 0.3 is 17.9 Å². The van der Waals surface area contributed by atoms with Gasteiger partial charge in [0.2, 0.25) is 23.6 Å². The molecule has 1 aliphatic heterocycles. The molecule has 15 nitrogen and oxygen atoms in total. The highest BCUT2D eigenvalue weighted by Gasteiger charge is 2.45. The number of carboxylic acid groups (broad SMARTS) is 3. The van der Waals surface area contributed by atoms with E-state index in [0.717, 1.165) is 22.9 Å². The number of aryl methyl sites for hydroxylation is 1. The van der Waals surface area contributed by atoms with Gasteiger partial charge in [-0.3, -0.25) is 33.6 Å². The lowest BCUT2D eigenvalue weighted by atomic mass is 9.78. The summed E-state index contributed by atoms with van der Waals surface area (Å²) in [5.41, 5.74) is 6.44. The first-order chi connectivity index (χ1) is 26.2. The predicted molar refractivity (Wildman–Crippen MR) is 200 cm³/mol. The first-order valence-electron chi connectivity index (χ1n) is 18.4. The van der Waals surface area contributed by atoms with E-state index in [-0.39, 0.29) is 30.9 Å². The van der Waals surface area contributed by atoms with E-state index in [2.05, 4.69) is 22.0 Å². The van der Waals surface area contributed by atoms with E-state index < -0.39 is 83.7 Å². The van der Waals surface area contributed by atoms with Crippen LogP contribution < -0.4 is 21.7 Å². The average molecular weight is 758 g/mol. The highest BCUT2D eigenvalue weighted by molar-refractivity contribution is 5.99. The largest absolute Gasteiger partial charge is 0.481 e. The molecule has 1 aromatic heterocycles. The topological polar surface area (TPSA) is 247 Å². The van der Waals surface area contributed by atoms with E-state index in [0.29, 0.717) is 31.4 Å². The van der Waals surface area contributed by atoms with Crippen molar-refractivity contribution in [1.29, 1.82) is 0 Å². The van der Waals surface area contributed by atoms with Crippen LogP contribution >= 0.6 is 0 Å². The number of fused-ring (bicyclic) bond motifs is 1. The lowest BCUT2D eigenvalue weighted by molar-refractivity contribution is -0.150. The minimum absolute atomic E-state index is 0.0163. The van der Waals surface area contributed by atoms with E-state index in [1.165, 1.54) is 24.3 Å². The molecule has 2 heterocycles. The fourth-order valence-corrected chi connectivity index (χ4v) is 7.71. The van der Waals surface area contributed by atoms with Gasteiger partial charge in [-0.25, -0.2) is 0 Å². The number of carboxylic acids is 3. The number of rotatable bonds is 10. The number of benzene rings is 2. The summed E-state index contributed by atoms with van der Waals surface area (Å²) in [7, 11) is 0. The van der Waals surface area contributed by atoms with Gasteiger partial charge in [0.25, 0.3) is 0 Å². The molecular formula is C40H47N5O10. The first kappa shape index (κ1) is 40.2. The SMILES string of the molecule is Cc1ccc2c(ccn2C[C@@H]2C/C=C/[C@H](c3ccc(C(C(=O)O)C(=O)O)cc3)[C@H](CC(=O)O)C(=O)NC3(CCCCC3)C(=O)N[C@H](CC(N)=O)C(=O)NC2)c1. The number of primary amides is 1. The van der Waals surface area contributed by atoms with E-state index in [9.17, 15) is 48.9 Å². The average Bonchev–Trinajstić information content (AvgIpc) is 3.52. The van der Waals surface area contributed by atoms with E-state index >= 15 is 0 Å². The summed E-state index contributed by atoms with van der Waals surface area (Å²) in [6, 6.07) is 12.3. The van der Waals surface area contributed by atoms with Crippen LogP contribution in [0.25, 0.3) is 10.9 Å². The van der Waals surface area contributed by atoms with Crippen molar-refractivity contribution in [2.45, 2.75) is 88.3 Å². The third-order valence-electron chi connectivity index (χ3n) is 10.6. The van der Waals surface area contributed by atoms with Crippen LogP contribution in [0.4, 0.5) is 0 Å². The van der Waals surface area contributed by atoms with E-state index in [1.54, 1.807) is 12.2 Å². The van der Waals surface area contributed by atoms with Crippen molar-refractivity contribution in [3.05, 3.63) is 83.6 Å². The second-order valence-electron chi connectivity index (χ2n) is 14.6. The molecule has 55 heavy (non-hydrogen) atoms. The molecule has 0 bridgehead atoms. The van der Waals surface area contributed by atoms with E-state index in [1.807, 2.05) is 35.9 Å². The lowest BCUT2D eigenvalue weighted by Crippen LogP contribution is -2.64. The minimum atomic E-state index is -1.84. The molecule has 292 valence electrons. The number of amides is 4. The smallest absolute Gasteiger partial charge is 0.322 e. The van der Waals surface area contributed by atoms with Crippen LogP contribution in [0.2, 0.25) is 0 Å². The molecule has 4 amide bonds. The normalized spacial score (nSPS) is 22.8. The van der Waals surface area contributed by atoms with Gasteiger partial charge in [0.1, 0.15) is 11.6 Å². The maximum atomic E-state index is 14.4. The van der Waals surface area contributed by atoms with Crippen molar-refractivity contribution in [2.24, 2.45) is 17.6 Å². The van der Waals surface area contributed by atoms with Crippen molar-refractivity contribution >= 4 is 52.4 Å². The quantitative estimate of drug-likeness (QED) is 0.118. The van der Waals surface area contributed by atoms with Crippen LogP contribution in [0.15, 0.2) is 66.9 Å². The monoisotopic (exact) mass is 757 g/mol. The Labute approximate surface area is 317 Å². The number of hydrogen-bond acceptors (Lipinski definition) is 7. The second kappa shape index (κ2) is 17.4. The van der Waals surface area contributed by atoms with Gasteiger partial charge in [0.15, 0.2) is 5.92 Å². The van der Waals surface area contributed by atoms with Crippen LogP contribution in [-0.2, 0) is 40.1 Å². The number of hydrogen-bond donors (Lipinski definition) is 7. The predicted octanol–water partition coefficient (Wildman–Crippen LogP) is 2.95. The number of aliphatic carboxylic acids is 3. The zero-order valence-electron chi connectivity index (χ0n) is 30.5. The van der Waals surface area contributed by atoms with Crippen molar-refractivity contribution < 1.29 is 48.9 Å². The molecule has 0 saturated heterocycles. The third kappa shape index (κ3) is 9.77. The molecule has 0 radical (unpaired) electrons. The Kier molecular flexibility index (Phi) is 12.7. The third-order valence-corrected chi connectivity index (χ3v) is 10.6. The summed E-state index contributed by atoms with van der Waals surface area (Å²) in [4.78, 5) is 90.2. The van der Waals surface area contributed by atoms with E-state index in [4.69, 9.17) is 5.73 Å². The Hall–Kier alpha value is -5.99. The Bertz CT molecular complexity index is 1970. The summed E-state index contributed by atoms with van der Waals surface area (Å²) in [5.74, 6) is -11.6. The highest BCUT2D eigenvalue weighted by Crippen LogP contribution is 2.35. The number of carbonyl (C=O) groups excluding carboxylic acids is 4. The van der Waals surface area contributed by atoms with Gasteiger partial charge in [0, 0.05) is 30.7 Å². The van der Waals surface area contributed by atoms with Crippen LogP contribution in [0.1, 0.15) is 79.9 Å². The Balaban J connectivity index is 1.60. The standard InChI is InChI=1S/C40H47N5O10/c1-23-8-13-31-27(18-23)14-17-45(31)22-24-6-5-7-28(25-9-11-26(12-10-25)34(37(51)52)38(53)54)29(19-33(47)48)35(49)44-40(15-3-2-4-16-40)39(55)43-30(20-32(41)46)36(50)42-21-24/h5,7-14,17-18,24,28-30,34H,2-4,6,15-16,19-22H2,1H3,(H2,41,46)(H,42,50)(H,43,55)(H,44,49)(H,47,48)(H,51,52)(H,53,54)/b7-5+/t24-,28-,29+,30-/m1/s1. The van der Waals surface area contributed by atoms with Gasteiger partial charge in [-0.05, 0) is 66.8 Å². The van der Waals surface area contributed by atoms with Crippen molar-refractivity contribution in [3.8, 4) is 0 Å². The molecule has 8 N–H and O–H groups in total. The van der Waals surface area contributed by atoms with Gasteiger partial charge < -0.3 is 41.6 Å². The van der Waals surface area contributed by atoms with Crippen molar-refractivity contribution in [3.63, 3.8) is 0 Å². The van der Waals surface area contributed by atoms with Crippen LogP contribution in [0.3, 0.4) is 0 Å². The van der Waals surface area contributed by atoms with Crippen LogP contribution in [0.5, 0.6) is 0 Å². The molecule has 2 aliphatic rings. The number of nitrogens with two attached hydrogens (primary N) is 1. The van der Waals surface area contributed by atoms with Crippen molar-refractivity contribution in [2.75, 3.05) is 6.54 Å². The molecule has 2 aromatic carbocycles. The molecule has 15 heteroatoms. The lowest BCUT2D eigenvalue weighted by Gasteiger charge is -2.39. The molecule has 1 spiro atoms. The Morgan fingerprint density at radius 3 is 2.24 bits per heavy atom. The zero-order valence-corrected chi connectivity index (χ0v) is 30.5. The molecule has 1 fully saturated rings. The Morgan fingerprint density at radius 2 is 1.60 bits per heavy atom. The van der Waals surface area contributed by atoms with Crippen LogP contribution in [0, 0.1) is 18.8 Å². The minimum Gasteiger partial charge on any atom is -0.481 e. The molecule has 3 aromatic rings. The number of nitrogens with zero attached hydrogens (tertiary/aromatic N) is 1. The maximum absolute atomic E-state index is 14.4. The fraction of sp³-hybridized carbons (Fsp3) is 0.425. The first-order valence-corrected chi connectivity index (χ1v) is 18.4.